The largest absolute Gasteiger partial charge is 0.354 e. The van der Waals surface area contributed by atoms with Crippen molar-refractivity contribution < 1.29 is 14.0 Å². The number of carbonyl (C=O) groups is 2. The minimum Gasteiger partial charge on any atom is -0.354 e. The van der Waals surface area contributed by atoms with Crippen molar-refractivity contribution in [3.05, 3.63) is 107 Å². The summed E-state index contributed by atoms with van der Waals surface area (Å²) in [7, 11) is 0. The monoisotopic (exact) mass is 506 g/mol. The molecule has 0 aliphatic heterocycles. The number of thioether (sulfide) groups is 1. The second-order valence-electron chi connectivity index (χ2n) is 9.44. The maximum atomic E-state index is 14.6. The van der Waals surface area contributed by atoms with E-state index in [1.165, 1.54) is 23.4 Å². The molecule has 0 bridgehead atoms. The summed E-state index contributed by atoms with van der Waals surface area (Å²) in [5, 5.41) is 2.99. The van der Waals surface area contributed by atoms with Crippen molar-refractivity contribution in [3.63, 3.8) is 0 Å². The molecule has 1 N–H and O–H groups in total. The molecule has 0 fully saturated rings. The molecule has 1 atom stereocenters. The molecule has 0 radical (unpaired) electrons. The fourth-order valence-electron chi connectivity index (χ4n) is 3.93. The molecule has 190 valence electrons. The number of amides is 2. The number of halogens is 1. The lowest BCUT2D eigenvalue weighted by atomic mass is 10.0. The lowest BCUT2D eigenvalue weighted by Gasteiger charge is -2.32. The Morgan fingerprint density at radius 3 is 2.33 bits per heavy atom. The third-order valence-corrected chi connectivity index (χ3v) is 6.82. The molecule has 0 aliphatic carbocycles. The van der Waals surface area contributed by atoms with E-state index in [1.807, 2.05) is 69.3 Å². The minimum atomic E-state index is -0.752. The highest BCUT2D eigenvalue weighted by atomic mass is 32.2. The Labute approximate surface area is 218 Å². The zero-order chi connectivity index (χ0) is 25.9. The topological polar surface area (TPSA) is 49.4 Å². The van der Waals surface area contributed by atoms with Crippen LogP contribution in [0.15, 0.2) is 78.9 Å². The summed E-state index contributed by atoms with van der Waals surface area (Å²) in [5.74, 6) is 0.364. The third kappa shape index (κ3) is 8.52. The SMILES string of the molecule is Cc1cccc(CSCC(=O)N(Cc2ccccc2F)C(Cc2ccccc2)C(=O)NCC(C)C)c1. The fraction of sp³-hybridized carbons (Fsp3) is 0.333. The number of hydrogen-bond acceptors (Lipinski definition) is 3. The number of nitrogens with one attached hydrogen (secondary N) is 1. The van der Waals surface area contributed by atoms with Gasteiger partial charge in [-0.25, -0.2) is 4.39 Å². The highest BCUT2D eigenvalue weighted by Crippen LogP contribution is 2.20. The van der Waals surface area contributed by atoms with Crippen LogP contribution in [0.25, 0.3) is 0 Å². The Morgan fingerprint density at radius 2 is 1.64 bits per heavy atom. The van der Waals surface area contributed by atoms with Crippen LogP contribution in [0.1, 0.15) is 36.1 Å². The Kier molecular flexibility index (Phi) is 10.6. The maximum absolute atomic E-state index is 14.6. The lowest BCUT2D eigenvalue weighted by molar-refractivity contribution is -0.139. The molecule has 6 heteroatoms. The van der Waals surface area contributed by atoms with Gasteiger partial charge in [-0.3, -0.25) is 9.59 Å². The number of hydrogen-bond donors (Lipinski definition) is 1. The van der Waals surface area contributed by atoms with Gasteiger partial charge in [-0.2, -0.15) is 0 Å². The summed E-state index contributed by atoms with van der Waals surface area (Å²) in [4.78, 5) is 28.5. The van der Waals surface area contributed by atoms with Gasteiger partial charge in [-0.15, -0.1) is 11.8 Å². The molecule has 2 amide bonds. The van der Waals surface area contributed by atoms with Gasteiger partial charge in [-0.1, -0.05) is 92.2 Å². The van der Waals surface area contributed by atoms with Crippen LogP contribution in [0.3, 0.4) is 0 Å². The van der Waals surface area contributed by atoms with Gasteiger partial charge in [0.25, 0.3) is 0 Å². The molecule has 3 aromatic rings. The van der Waals surface area contributed by atoms with Crippen molar-refractivity contribution in [3.8, 4) is 0 Å². The first-order valence-electron chi connectivity index (χ1n) is 12.3. The van der Waals surface area contributed by atoms with Gasteiger partial charge in [0, 0.05) is 30.8 Å². The summed E-state index contributed by atoms with van der Waals surface area (Å²) in [6.45, 7) is 6.63. The van der Waals surface area contributed by atoms with Gasteiger partial charge in [-0.05, 0) is 30.0 Å². The zero-order valence-electron chi connectivity index (χ0n) is 21.2. The van der Waals surface area contributed by atoms with E-state index in [2.05, 4.69) is 11.4 Å². The summed E-state index contributed by atoms with van der Waals surface area (Å²) in [6.07, 6.45) is 0.355. The predicted octanol–water partition coefficient (Wildman–Crippen LogP) is 5.78. The van der Waals surface area contributed by atoms with E-state index >= 15 is 0 Å². The second kappa shape index (κ2) is 13.8. The summed E-state index contributed by atoms with van der Waals surface area (Å²) in [5.41, 5.74) is 3.65. The molecular formula is C30H35FN2O2S. The second-order valence-corrected chi connectivity index (χ2v) is 10.4. The first-order chi connectivity index (χ1) is 17.3. The fourth-order valence-corrected chi connectivity index (χ4v) is 4.79. The van der Waals surface area contributed by atoms with Gasteiger partial charge < -0.3 is 10.2 Å². The number of carbonyl (C=O) groups excluding carboxylic acids is 2. The molecule has 1 unspecified atom stereocenters. The molecule has 36 heavy (non-hydrogen) atoms. The number of aryl methyl sites for hydroxylation is 1. The highest BCUT2D eigenvalue weighted by molar-refractivity contribution is 7.99. The van der Waals surface area contributed by atoms with E-state index < -0.39 is 6.04 Å². The van der Waals surface area contributed by atoms with Gasteiger partial charge in [0.05, 0.1) is 5.75 Å². The van der Waals surface area contributed by atoms with Crippen molar-refractivity contribution in [2.75, 3.05) is 12.3 Å². The molecule has 0 aromatic heterocycles. The Hall–Kier alpha value is -3.12. The van der Waals surface area contributed by atoms with Gasteiger partial charge >= 0.3 is 0 Å². The van der Waals surface area contributed by atoms with E-state index in [9.17, 15) is 14.0 Å². The van der Waals surface area contributed by atoms with Crippen LogP contribution in [0.2, 0.25) is 0 Å². The van der Waals surface area contributed by atoms with Gasteiger partial charge in [0.2, 0.25) is 11.8 Å². The van der Waals surface area contributed by atoms with E-state index in [0.717, 1.165) is 11.1 Å². The Morgan fingerprint density at radius 1 is 0.944 bits per heavy atom. The van der Waals surface area contributed by atoms with Crippen LogP contribution >= 0.6 is 11.8 Å². The van der Waals surface area contributed by atoms with Crippen molar-refractivity contribution in [1.82, 2.24) is 10.2 Å². The van der Waals surface area contributed by atoms with Crippen LogP contribution in [0, 0.1) is 18.7 Å². The number of benzene rings is 3. The summed E-state index contributed by atoms with van der Waals surface area (Å²) < 4.78 is 14.6. The van der Waals surface area contributed by atoms with Crippen molar-refractivity contribution >= 4 is 23.6 Å². The molecule has 0 saturated carbocycles. The first-order valence-corrected chi connectivity index (χ1v) is 13.5. The van der Waals surface area contributed by atoms with Crippen LogP contribution in [-0.4, -0.2) is 35.1 Å². The average Bonchev–Trinajstić information content (AvgIpc) is 2.86. The Bertz CT molecular complexity index is 1140. The molecule has 3 rings (SSSR count). The van der Waals surface area contributed by atoms with Gasteiger partial charge in [0.1, 0.15) is 11.9 Å². The Balaban J connectivity index is 1.85. The average molecular weight is 507 g/mol. The number of nitrogens with zero attached hydrogens (tertiary/aromatic N) is 1. The third-order valence-electron chi connectivity index (χ3n) is 5.83. The molecule has 0 saturated heterocycles. The smallest absolute Gasteiger partial charge is 0.243 e. The van der Waals surface area contributed by atoms with E-state index in [-0.39, 0.29) is 35.8 Å². The van der Waals surface area contributed by atoms with Crippen molar-refractivity contribution in [1.29, 1.82) is 0 Å². The zero-order valence-corrected chi connectivity index (χ0v) is 22.1. The van der Waals surface area contributed by atoms with Crippen molar-refractivity contribution in [2.45, 2.75) is 45.5 Å². The van der Waals surface area contributed by atoms with Crippen molar-refractivity contribution in [2.24, 2.45) is 5.92 Å². The summed E-state index contributed by atoms with van der Waals surface area (Å²) in [6, 6.07) is 23.5. The summed E-state index contributed by atoms with van der Waals surface area (Å²) >= 11 is 1.50. The molecule has 0 aliphatic rings. The van der Waals surface area contributed by atoms with E-state index in [1.54, 1.807) is 23.1 Å². The first kappa shape index (κ1) is 27.5. The van der Waals surface area contributed by atoms with E-state index in [4.69, 9.17) is 0 Å². The van der Waals surface area contributed by atoms with Crippen LogP contribution < -0.4 is 5.32 Å². The molecular weight excluding hydrogens is 471 g/mol. The molecule has 0 spiro atoms. The highest BCUT2D eigenvalue weighted by Gasteiger charge is 2.30. The molecule has 3 aromatic carbocycles. The maximum Gasteiger partial charge on any atom is 0.243 e. The van der Waals surface area contributed by atoms with E-state index in [0.29, 0.717) is 24.3 Å². The quantitative estimate of drug-likeness (QED) is 0.339. The van der Waals surface area contributed by atoms with Crippen LogP contribution in [0.5, 0.6) is 0 Å². The standard InChI is InChI=1S/C30H35FN2O2S/c1-22(2)18-32-30(35)28(17-24-11-5-4-6-12-24)33(19-26-14-7-8-15-27(26)31)29(34)21-36-20-25-13-9-10-23(3)16-25/h4-16,22,28H,17-21H2,1-3H3,(H,32,35). The van der Waals surface area contributed by atoms with Gasteiger partial charge in [0.15, 0.2) is 0 Å². The molecule has 0 heterocycles. The lowest BCUT2D eigenvalue weighted by Crippen LogP contribution is -2.51. The van der Waals surface area contributed by atoms with Crippen LogP contribution in [0.4, 0.5) is 4.39 Å². The normalized spacial score (nSPS) is 11.8. The molecule has 4 nitrogen and oxygen atoms in total. The number of rotatable bonds is 12. The van der Waals surface area contributed by atoms with Crippen LogP contribution in [-0.2, 0) is 28.3 Å². The predicted molar refractivity (Wildman–Crippen MR) is 146 cm³/mol. The minimum absolute atomic E-state index is 0.0309.